The summed E-state index contributed by atoms with van der Waals surface area (Å²) in [6, 6.07) is 9.06. The molecule has 0 spiro atoms. The molecule has 2 heteroatoms. The van der Waals surface area contributed by atoms with Crippen LogP contribution < -0.4 is 5.73 Å². The second kappa shape index (κ2) is 4.79. The molecule has 1 aliphatic heterocycles. The van der Waals surface area contributed by atoms with Gasteiger partial charge in [-0.1, -0.05) is 24.3 Å². The molecule has 1 aliphatic carbocycles. The number of rotatable bonds is 2. The summed E-state index contributed by atoms with van der Waals surface area (Å²) >= 11 is 0. The van der Waals surface area contributed by atoms with Crippen LogP contribution in [-0.4, -0.2) is 19.3 Å². The molecule has 0 bridgehead atoms. The van der Waals surface area contributed by atoms with E-state index in [2.05, 4.69) is 24.3 Å². The van der Waals surface area contributed by atoms with E-state index in [0.717, 1.165) is 13.2 Å². The van der Waals surface area contributed by atoms with Crippen LogP contribution >= 0.6 is 0 Å². The highest BCUT2D eigenvalue weighted by Crippen LogP contribution is 2.38. The number of hydrogen-bond donors (Lipinski definition) is 1. The maximum absolute atomic E-state index is 6.49. The van der Waals surface area contributed by atoms with Gasteiger partial charge in [0.25, 0.3) is 0 Å². The van der Waals surface area contributed by atoms with Crippen molar-refractivity contribution in [3.63, 3.8) is 0 Å². The van der Waals surface area contributed by atoms with Gasteiger partial charge in [-0.15, -0.1) is 0 Å². The number of nitrogens with two attached hydrogens (primary N) is 1. The summed E-state index contributed by atoms with van der Waals surface area (Å²) in [5.74, 6) is 1.11. The van der Waals surface area contributed by atoms with Crippen molar-refractivity contribution in [3.8, 4) is 0 Å². The first kappa shape index (κ1) is 11.2. The van der Waals surface area contributed by atoms with E-state index in [0.29, 0.717) is 11.8 Å². The highest BCUT2D eigenvalue weighted by atomic mass is 16.5. The zero-order valence-electron chi connectivity index (χ0n) is 10.3. The Labute approximate surface area is 103 Å². The van der Waals surface area contributed by atoms with Gasteiger partial charge < -0.3 is 10.5 Å². The molecule has 1 aromatic carbocycles. The lowest BCUT2D eigenvalue weighted by atomic mass is 9.82. The number of hydrogen-bond acceptors (Lipinski definition) is 2. The summed E-state index contributed by atoms with van der Waals surface area (Å²) in [6.07, 6.45) is 4.83. The maximum Gasteiger partial charge on any atom is 0.0509 e. The summed E-state index contributed by atoms with van der Waals surface area (Å²) < 4.78 is 5.57. The normalized spacial score (nSPS) is 29.9. The summed E-state index contributed by atoms with van der Waals surface area (Å²) in [7, 11) is 0. The Balaban J connectivity index is 1.76. The topological polar surface area (TPSA) is 35.2 Å². The maximum atomic E-state index is 6.49. The third kappa shape index (κ3) is 2.12. The van der Waals surface area contributed by atoms with Crippen LogP contribution in [0.5, 0.6) is 0 Å². The molecule has 92 valence electrons. The first-order chi connectivity index (χ1) is 8.36. The van der Waals surface area contributed by atoms with Gasteiger partial charge >= 0.3 is 0 Å². The fraction of sp³-hybridized carbons (Fsp3) is 0.600. The highest BCUT2D eigenvalue weighted by Gasteiger charge is 2.32. The molecule has 3 rings (SSSR count). The molecule has 1 aromatic rings. The van der Waals surface area contributed by atoms with Crippen molar-refractivity contribution >= 4 is 0 Å². The van der Waals surface area contributed by atoms with Gasteiger partial charge in [-0.05, 0) is 48.6 Å². The van der Waals surface area contributed by atoms with E-state index in [9.17, 15) is 0 Å². The lowest BCUT2D eigenvalue weighted by Crippen LogP contribution is -2.39. The van der Waals surface area contributed by atoms with Crippen LogP contribution in [-0.2, 0) is 11.2 Å². The van der Waals surface area contributed by atoms with E-state index in [1.807, 2.05) is 0 Å². The van der Waals surface area contributed by atoms with Crippen LogP contribution in [0, 0.1) is 5.92 Å². The van der Waals surface area contributed by atoms with Crippen molar-refractivity contribution in [1.29, 1.82) is 0 Å². The molecule has 2 aliphatic rings. The number of fused-ring (bicyclic) bond motifs is 1. The van der Waals surface area contributed by atoms with Gasteiger partial charge in [0.05, 0.1) is 6.61 Å². The fourth-order valence-corrected chi connectivity index (χ4v) is 3.39. The smallest absolute Gasteiger partial charge is 0.0509 e. The van der Waals surface area contributed by atoms with Crippen LogP contribution in [0.1, 0.15) is 36.3 Å². The van der Waals surface area contributed by atoms with Gasteiger partial charge in [-0.2, -0.15) is 0 Å². The molecule has 1 saturated heterocycles. The molecule has 0 aromatic heterocycles. The molecule has 0 amide bonds. The highest BCUT2D eigenvalue weighted by molar-refractivity contribution is 5.36. The van der Waals surface area contributed by atoms with Gasteiger partial charge in [0.2, 0.25) is 0 Å². The van der Waals surface area contributed by atoms with Gasteiger partial charge in [-0.3, -0.25) is 0 Å². The van der Waals surface area contributed by atoms with Crippen LogP contribution in [0.4, 0.5) is 0 Å². The van der Waals surface area contributed by atoms with E-state index in [1.165, 1.54) is 36.8 Å². The van der Waals surface area contributed by atoms with Crippen LogP contribution in [0.15, 0.2) is 24.3 Å². The van der Waals surface area contributed by atoms with Crippen LogP contribution in [0.3, 0.4) is 0 Å². The molecule has 2 nitrogen and oxygen atoms in total. The van der Waals surface area contributed by atoms with Crippen molar-refractivity contribution in [2.75, 3.05) is 13.2 Å². The van der Waals surface area contributed by atoms with Crippen LogP contribution in [0.25, 0.3) is 0 Å². The Kier molecular flexibility index (Phi) is 3.17. The molecule has 1 heterocycles. The molecule has 3 atom stereocenters. The quantitative estimate of drug-likeness (QED) is 0.848. The molecule has 0 saturated carbocycles. The van der Waals surface area contributed by atoms with Gasteiger partial charge in [0.1, 0.15) is 0 Å². The van der Waals surface area contributed by atoms with Crippen LogP contribution in [0.2, 0.25) is 0 Å². The Morgan fingerprint density at radius 3 is 2.94 bits per heavy atom. The fourth-order valence-electron chi connectivity index (χ4n) is 3.39. The first-order valence-electron chi connectivity index (χ1n) is 6.77. The van der Waals surface area contributed by atoms with Crippen molar-refractivity contribution in [2.24, 2.45) is 11.7 Å². The van der Waals surface area contributed by atoms with E-state index in [1.54, 1.807) is 0 Å². The average Bonchev–Trinajstić information content (AvgIpc) is 2.83. The molecule has 2 N–H and O–H groups in total. The van der Waals surface area contributed by atoms with Gasteiger partial charge in [0.15, 0.2) is 0 Å². The Bertz CT molecular complexity index is 384. The van der Waals surface area contributed by atoms with Gasteiger partial charge in [-0.25, -0.2) is 0 Å². The summed E-state index contributed by atoms with van der Waals surface area (Å²) in [5, 5.41) is 0. The van der Waals surface area contributed by atoms with Crippen molar-refractivity contribution < 1.29 is 4.74 Å². The van der Waals surface area contributed by atoms with E-state index in [-0.39, 0.29) is 6.04 Å². The zero-order chi connectivity index (χ0) is 11.7. The Morgan fingerprint density at radius 2 is 2.12 bits per heavy atom. The third-order valence-electron chi connectivity index (χ3n) is 4.38. The zero-order valence-corrected chi connectivity index (χ0v) is 10.3. The predicted octanol–water partition coefficient (Wildman–Crippen LogP) is 2.47. The third-order valence-corrected chi connectivity index (χ3v) is 4.38. The molecule has 3 unspecified atom stereocenters. The monoisotopic (exact) mass is 231 g/mol. The molecular formula is C15H21NO. The lowest BCUT2D eigenvalue weighted by molar-refractivity contribution is 0.0411. The molecule has 1 fully saturated rings. The predicted molar refractivity (Wildman–Crippen MR) is 69.0 cm³/mol. The Hall–Kier alpha value is -0.860. The second-order valence-corrected chi connectivity index (χ2v) is 5.40. The molecular weight excluding hydrogens is 210 g/mol. The number of benzene rings is 1. The standard InChI is InChI=1S/C15H21NO/c16-15(12-5-3-9-17-10-12)14-8-7-11-4-1-2-6-13(11)14/h1-2,4,6,12,14-15H,3,5,7-10,16H2. The summed E-state index contributed by atoms with van der Waals surface area (Å²) in [6.45, 7) is 1.78. The summed E-state index contributed by atoms with van der Waals surface area (Å²) in [4.78, 5) is 0. The van der Waals surface area contributed by atoms with E-state index >= 15 is 0 Å². The van der Waals surface area contributed by atoms with E-state index in [4.69, 9.17) is 10.5 Å². The average molecular weight is 231 g/mol. The van der Waals surface area contributed by atoms with Crippen molar-refractivity contribution in [2.45, 2.75) is 37.6 Å². The number of ether oxygens (including phenoxy) is 1. The second-order valence-electron chi connectivity index (χ2n) is 5.40. The summed E-state index contributed by atoms with van der Waals surface area (Å²) in [5.41, 5.74) is 9.48. The minimum absolute atomic E-state index is 0.277. The lowest BCUT2D eigenvalue weighted by Gasteiger charge is -2.31. The van der Waals surface area contributed by atoms with Crippen molar-refractivity contribution in [3.05, 3.63) is 35.4 Å². The Morgan fingerprint density at radius 1 is 1.24 bits per heavy atom. The van der Waals surface area contributed by atoms with Crippen molar-refractivity contribution in [1.82, 2.24) is 0 Å². The van der Waals surface area contributed by atoms with E-state index < -0.39 is 0 Å². The van der Waals surface area contributed by atoms with Gasteiger partial charge in [0, 0.05) is 12.6 Å². The minimum atomic E-state index is 0.277. The SMILES string of the molecule is NC(C1CCCOC1)C1CCc2ccccc21. The minimum Gasteiger partial charge on any atom is -0.381 e. The first-order valence-corrected chi connectivity index (χ1v) is 6.77. The largest absolute Gasteiger partial charge is 0.381 e. The molecule has 0 radical (unpaired) electrons. The molecule has 17 heavy (non-hydrogen) atoms. The number of aryl methyl sites for hydroxylation is 1.